The van der Waals surface area contributed by atoms with Crippen molar-refractivity contribution in [1.29, 1.82) is 0 Å². The van der Waals surface area contributed by atoms with Crippen molar-refractivity contribution >= 4 is 34.6 Å². The summed E-state index contributed by atoms with van der Waals surface area (Å²) in [6.07, 6.45) is 2.20. The molecule has 0 saturated carbocycles. The molecule has 1 aliphatic rings. The second-order valence-corrected chi connectivity index (χ2v) is 10.6. The zero-order valence-corrected chi connectivity index (χ0v) is 24.6. The standard InChI is InChI=1S/C32H35N5O2S/c1-7-28(38)34-25-15-14-23(18-27(25)39-6)37-31(29(35-32(37)40)26-13-8-9-16-33-26)24-17-21(4)36(22(24)5)30-19(2)11-10-12-20(30)3/h8-18,29,31H,7H2,1-6H3,(H,34,38)(H,35,40)/t29-,31-/m0/s1. The molecular formula is C32H35N5O2S. The fourth-order valence-electron chi connectivity index (χ4n) is 5.71. The number of aromatic nitrogens is 2. The number of hydrogen-bond donors (Lipinski definition) is 2. The van der Waals surface area contributed by atoms with Crippen LogP contribution in [0.15, 0.2) is 66.9 Å². The molecule has 8 heteroatoms. The van der Waals surface area contributed by atoms with E-state index < -0.39 is 0 Å². The SMILES string of the molecule is CCC(=O)Nc1ccc(N2C(=S)N[C@@H](c3ccccn3)[C@@H]2c2cc(C)n(-c3c(C)cccc3C)c2C)cc1OC. The van der Waals surface area contributed by atoms with Gasteiger partial charge in [0.15, 0.2) is 5.11 Å². The number of hydrogen-bond acceptors (Lipinski definition) is 4. The summed E-state index contributed by atoms with van der Waals surface area (Å²) in [7, 11) is 1.60. The molecular weight excluding hydrogens is 518 g/mol. The summed E-state index contributed by atoms with van der Waals surface area (Å²) in [6, 6.07) is 20.0. The molecule has 0 bridgehead atoms. The van der Waals surface area contributed by atoms with Crippen molar-refractivity contribution in [3.05, 3.63) is 101 Å². The lowest BCUT2D eigenvalue weighted by atomic mass is 9.96. The van der Waals surface area contributed by atoms with Gasteiger partial charge in [0.1, 0.15) is 5.75 Å². The number of thiocarbonyl (C=S) groups is 1. The van der Waals surface area contributed by atoms with Gasteiger partial charge in [-0.1, -0.05) is 31.2 Å². The van der Waals surface area contributed by atoms with Crippen molar-refractivity contribution in [2.75, 3.05) is 17.3 Å². The predicted octanol–water partition coefficient (Wildman–Crippen LogP) is 6.64. The first kappa shape index (κ1) is 27.4. The number of anilines is 2. The largest absolute Gasteiger partial charge is 0.494 e. The summed E-state index contributed by atoms with van der Waals surface area (Å²) in [4.78, 5) is 18.9. The minimum atomic E-state index is -0.175. The fraction of sp³-hybridized carbons (Fsp3) is 0.281. The highest BCUT2D eigenvalue weighted by Gasteiger charge is 2.42. The van der Waals surface area contributed by atoms with Crippen LogP contribution in [-0.2, 0) is 4.79 Å². The minimum absolute atomic E-state index is 0.0727. The van der Waals surface area contributed by atoms with Crippen LogP contribution < -0.4 is 20.3 Å². The Balaban J connectivity index is 1.67. The molecule has 5 rings (SSSR count). The van der Waals surface area contributed by atoms with Gasteiger partial charge < -0.3 is 24.8 Å². The van der Waals surface area contributed by atoms with Crippen LogP contribution in [0.2, 0.25) is 0 Å². The van der Waals surface area contributed by atoms with Gasteiger partial charge >= 0.3 is 0 Å². The summed E-state index contributed by atoms with van der Waals surface area (Å²) in [5, 5.41) is 7.08. The Bertz CT molecular complexity index is 1560. The highest BCUT2D eigenvalue weighted by molar-refractivity contribution is 7.80. The topological polar surface area (TPSA) is 71.4 Å². The highest BCUT2D eigenvalue weighted by Crippen LogP contribution is 2.45. The first-order valence-electron chi connectivity index (χ1n) is 13.5. The van der Waals surface area contributed by atoms with Gasteiger partial charge in [-0.3, -0.25) is 9.78 Å². The van der Waals surface area contributed by atoms with Crippen molar-refractivity contribution in [2.24, 2.45) is 0 Å². The molecule has 0 aliphatic carbocycles. The second-order valence-electron chi connectivity index (χ2n) is 10.2. The average molecular weight is 554 g/mol. The van der Waals surface area contributed by atoms with Crippen molar-refractivity contribution in [1.82, 2.24) is 14.9 Å². The van der Waals surface area contributed by atoms with Crippen LogP contribution in [0.1, 0.15) is 59.2 Å². The lowest BCUT2D eigenvalue weighted by Crippen LogP contribution is -2.29. The van der Waals surface area contributed by atoms with E-state index in [0.29, 0.717) is 23.0 Å². The number of aryl methyl sites for hydroxylation is 3. The van der Waals surface area contributed by atoms with Crippen molar-refractivity contribution in [3.8, 4) is 11.4 Å². The van der Waals surface area contributed by atoms with Gasteiger partial charge in [0.05, 0.1) is 36.3 Å². The summed E-state index contributed by atoms with van der Waals surface area (Å²) < 4.78 is 8.03. The molecule has 40 heavy (non-hydrogen) atoms. The Morgan fingerprint density at radius 1 is 1.05 bits per heavy atom. The molecule has 2 aromatic heterocycles. The molecule has 1 saturated heterocycles. The van der Waals surface area contributed by atoms with Gasteiger partial charge in [-0.25, -0.2) is 0 Å². The third-order valence-electron chi connectivity index (χ3n) is 7.61. The van der Waals surface area contributed by atoms with Crippen molar-refractivity contribution in [3.63, 3.8) is 0 Å². The zero-order chi connectivity index (χ0) is 28.6. The van der Waals surface area contributed by atoms with Gasteiger partial charge in [-0.05, 0) is 86.9 Å². The number of rotatable bonds is 7. The number of nitrogens with zero attached hydrogens (tertiary/aromatic N) is 3. The van der Waals surface area contributed by atoms with Gasteiger partial charge in [-0.15, -0.1) is 0 Å². The molecule has 3 heterocycles. The number of methoxy groups -OCH3 is 1. The average Bonchev–Trinajstić information content (AvgIpc) is 3.44. The van der Waals surface area contributed by atoms with E-state index in [4.69, 9.17) is 21.9 Å². The monoisotopic (exact) mass is 553 g/mol. The van der Waals surface area contributed by atoms with E-state index in [1.807, 2.05) is 49.5 Å². The Hall–Kier alpha value is -4.17. The molecule has 7 nitrogen and oxygen atoms in total. The van der Waals surface area contributed by atoms with E-state index in [1.54, 1.807) is 7.11 Å². The Morgan fingerprint density at radius 3 is 2.45 bits per heavy atom. The number of ether oxygens (including phenoxy) is 1. The molecule has 0 spiro atoms. The maximum Gasteiger partial charge on any atom is 0.224 e. The van der Waals surface area contributed by atoms with E-state index in [1.165, 1.54) is 16.8 Å². The Morgan fingerprint density at radius 2 is 1.80 bits per heavy atom. The third-order valence-corrected chi connectivity index (χ3v) is 7.92. The zero-order valence-electron chi connectivity index (χ0n) is 23.8. The van der Waals surface area contributed by atoms with Crippen molar-refractivity contribution in [2.45, 2.75) is 53.1 Å². The molecule has 1 aliphatic heterocycles. The molecule has 4 aromatic rings. The van der Waals surface area contributed by atoms with E-state index in [9.17, 15) is 4.79 Å². The molecule has 0 radical (unpaired) electrons. The smallest absolute Gasteiger partial charge is 0.224 e. The summed E-state index contributed by atoms with van der Waals surface area (Å²) >= 11 is 5.97. The lowest BCUT2D eigenvalue weighted by Gasteiger charge is -2.29. The fourth-order valence-corrected chi connectivity index (χ4v) is 6.06. The van der Waals surface area contributed by atoms with Crippen LogP contribution in [0.3, 0.4) is 0 Å². The van der Waals surface area contributed by atoms with E-state index in [-0.39, 0.29) is 18.0 Å². The second kappa shape index (κ2) is 11.1. The first-order valence-corrected chi connectivity index (χ1v) is 13.9. The molecule has 2 N–H and O–H groups in total. The van der Waals surface area contributed by atoms with Gasteiger partial charge in [0.2, 0.25) is 5.91 Å². The number of benzene rings is 2. The number of pyridine rings is 1. The first-order chi connectivity index (χ1) is 19.2. The molecule has 2 atom stereocenters. The van der Waals surface area contributed by atoms with Crippen LogP contribution in [0, 0.1) is 27.7 Å². The molecule has 2 aromatic carbocycles. The normalized spacial score (nSPS) is 16.6. The van der Waals surface area contributed by atoms with E-state index in [2.05, 4.69) is 72.1 Å². The lowest BCUT2D eigenvalue weighted by molar-refractivity contribution is -0.115. The Kier molecular flexibility index (Phi) is 7.63. The van der Waals surface area contributed by atoms with Crippen LogP contribution in [0.5, 0.6) is 5.75 Å². The van der Waals surface area contributed by atoms with Crippen LogP contribution in [0.4, 0.5) is 11.4 Å². The summed E-state index contributed by atoms with van der Waals surface area (Å²) in [5.74, 6) is 0.500. The quantitative estimate of drug-likeness (QED) is 0.250. The maximum atomic E-state index is 12.1. The number of carbonyl (C=O) groups excluding carboxylic acids is 1. The van der Waals surface area contributed by atoms with Gasteiger partial charge in [-0.2, -0.15) is 0 Å². The van der Waals surface area contributed by atoms with Crippen LogP contribution in [0.25, 0.3) is 5.69 Å². The maximum absolute atomic E-state index is 12.1. The number of nitrogens with one attached hydrogen (secondary N) is 2. The number of carbonyl (C=O) groups is 1. The van der Waals surface area contributed by atoms with Crippen molar-refractivity contribution < 1.29 is 9.53 Å². The molecule has 1 amide bonds. The molecule has 0 unspecified atom stereocenters. The number of amides is 1. The van der Waals surface area contributed by atoms with Gasteiger partial charge in [0.25, 0.3) is 0 Å². The summed E-state index contributed by atoms with van der Waals surface area (Å²) in [5.41, 5.74) is 9.51. The predicted molar refractivity (Wildman–Crippen MR) is 165 cm³/mol. The van der Waals surface area contributed by atoms with Gasteiger partial charge in [0, 0.05) is 35.8 Å². The van der Waals surface area contributed by atoms with E-state index >= 15 is 0 Å². The molecule has 206 valence electrons. The van der Waals surface area contributed by atoms with Crippen LogP contribution >= 0.6 is 12.2 Å². The third kappa shape index (κ3) is 4.84. The summed E-state index contributed by atoms with van der Waals surface area (Å²) in [6.45, 7) is 10.5. The minimum Gasteiger partial charge on any atom is -0.494 e. The Labute approximate surface area is 241 Å². The highest BCUT2D eigenvalue weighted by atomic mass is 32.1. The van der Waals surface area contributed by atoms with Crippen LogP contribution in [-0.4, -0.2) is 27.7 Å². The number of para-hydroxylation sites is 1. The van der Waals surface area contributed by atoms with E-state index in [0.717, 1.165) is 28.3 Å². The molecule has 1 fully saturated rings.